The highest BCUT2D eigenvalue weighted by Gasteiger charge is 2.17. The first-order valence-corrected chi connectivity index (χ1v) is 10.4. The number of carbonyl (C=O) groups excluding carboxylic acids is 2. The Labute approximate surface area is 177 Å². The van der Waals surface area contributed by atoms with Crippen molar-refractivity contribution in [2.75, 3.05) is 25.0 Å². The molecule has 0 bridgehead atoms. The summed E-state index contributed by atoms with van der Waals surface area (Å²) in [6, 6.07) is 12.4. The first-order valence-electron chi connectivity index (χ1n) is 10.1. The average Bonchev–Trinajstić information content (AvgIpc) is 2.69. The van der Waals surface area contributed by atoms with Crippen molar-refractivity contribution in [3.8, 4) is 0 Å². The molecule has 0 unspecified atom stereocenters. The van der Waals surface area contributed by atoms with Crippen molar-refractivity contribution in [2.45, 2.75) is 33.2 Å². The van der Waals surface area contributed by atoms with E-state index in [2.05, 4.69) is 17.1 Å². The highest BCUT2D eigenvalue weighted by molar-refractivity contribution is 6.34. The Morgan fingerprint density at radius 2 is 1.97 bits per heavy atom. The third-order valence-electron chi connectivity index (χ3n) is 5.09. The van der Waals surface area contributed by atoms with Crippen molar-refractivity contribution >= 4 is 29.2 Å². The number of nitrogens with one attached hydrogen (secondary N) is 1. The zero-order valence-electron chi connectivity index (χ0n) is 16.9. The molecule has 0 aromatic heterocycles. The lowest BCUT2D eigenvalue weighted by molar-refractivity contribution is 0.0526. The van der Waals surface area contributed by atoms with E-state index in [0.29, 0.717) is 11.3 Å². The summed E-state index contributed by atoms with van der Waals surface area (Å²) < 4.78 is 4.96. The van der Waals surface area contributed by atoms with Gasteiger partial charge in [-0.2, -0.15) is 0 Å². The molecule has 5 nitrogen and oxygen atoms in total. The maximum Gasteiger partial charge on any atom is 0.339 e. The lowest BCUT2D eigenvalue weighted by Gasteiger charge is -2.30. The second kappa shape index (κ2) is 9.90. The third kappa shape index (κ3) is 5.81. The topological polar surface area (TPSA) is 58.6 Å². The number of hydrogen-bond donors (Lipinski definition) is 1. The van der Waals surface area contributed by atoms with Crippen LogP contribution in [-0.2, 0) is 11.3 Å². The quantitative estimate of drug-likeness (QED) is 0.675. The number of esters is 1. The van der Waals surface area contributed by atoms with Gasteiger partial charge in [0.25, 0.3) is 5.91 Å². The largest absolute Gasteiger partial charge is 0.462 e. The second-order valence-corrected chi connectivity index (χ2v) is 7.96. The van der Waals surface area contributed by atoms with E-state index < -0.39 is 5.97 Å². The molecule has 6 heteroatoms. The van der Waals surface area contributed by atoms with Gasteiger partial charge in [-0.25, -0.2) is 4.79 Å². The molecule has 1 aliphatic heterocycles. The van der Waals surface area contributed by atoms with E-state index in [9.17, 15) is 9.59 Å². The normalized spacial score (nSPS) is 17.0. The van der Waals surface area contributed by atoms with Crippen LogP contribution in [0.4, 0.5) is 5.69 Å². The van der Waals surface area contributed by atoms with Crippen molar-refractivity contribution in [1.29, 1.82) is 0 Å². The molecule has 1 fully saturated rings. The van der Waals surface area contributed by atoms with Gasteiger partial charge in [0.2, 0.25) is 0 Å². The lowest BCUT2D eigenvalue weighted by atomic mass is 9.99. The van der Waals surface area contributed by atoms with Crippen LogP contribution in [0.2, 0.25) is 5.02 Å². The van der Waals surface area contributed by atoms with Gasteiger partial charge in [-0.15, -0.1) is 0 Å². The number of carbonyl (C=O) groups is 2. The van der Waals surface area contributed by atoms with Gasteiger partial charge >= 0.3 is 5.97 Å². The van der Waals surface area contributed by atoms with Crippen LogP contribution in [0.1, 0.15) is 53.0 Å². The number of piperidine rings is 1. The molecule has 0 radical (unpaired) electrons. The van der Waals surface area contributed by atoms with Gasteiger partial charge in [-0.3, -0.25) is 9.69 Å². The maximum atomic E-state index is 12.5. The van der Waals surface area contributed by atoms with Gasteiger partial charge in [0.05, 0.1) is 17.2 Å². The number of benzene rings is 2. The van der Waals surface area contributed by atoms with Crippen molar-refractivity contribution in [1.82, 2.24) is 4.90 Å². The Bertz CT molecular complexity index is 867. The molecule has 3 rings (SSSR count). The number of anilines is 1. The molecule has 1 aliphatic rings. The van der Waals surface area contributed by atoms with Crippen LogP contribution >= 0.6 is 11.6 Å². The van der Waals surface area contributed by atoms with Crippen LogP contribution in [0.3, 0.4) is 0 Å². The predicted molar refractivity (Wildman–Crippen MR) is 115 cm³/mol. The molecule has 1 atom stereocenters. The number of halogens is 1. The SMILES string of the molecule is CCOC(=O)c1ccc(NC(=O)c2ccc(CN3CCC[C@H](C)C3)cc2)cc1Cl. The molecule has 0 spiro atoms. The number of likely N-dealkylation sites (tertiary alicyclic amines) is 1. The summed E-state index contributed by atoms with van der Waals surface area (Å²) in [5.41, 5.74) is 2.59. The Morgan fingerprint density at radius 1 is 1.21 bits per heavy atom. The van der Waals surface area contributed by atoms with Crippen LogP contribution in [0, 0.1) is 5.92 Å². The van der Waals surface area contributed by atoms with Crippen molar-refractivity contribution < 1.29 is 14.3 Å². The Morgan fingerprint density at radius 3 is 2.62 bits per heavy atom. The molecule has 0 aliphatic carbocycles. The van der Waals surface area contributed by atoms with E-state index in [1.54, 1.807) is 25.1 Å². The van der Waals surface area contributed by atoms with Crippen molar-refractivity contribution in [3.05, 3.63) is 64.2 Å². The summed E-state index contributed by atoms with van der Waals surface area (Å²) in [6.07, 6.45) is 2.56. The van der Waals surface area contributed by atoms with Crippen molar-refractivity contribution in [3.63, 3.8) is 0 Å². The fourth-order valence-electron chi connectivity index (χ4n) is 3.62. The summed E-state index contributed by atoms with van der Waals surface area (Å²) in [7, 11) is 0. The first kappa shape index (κ1) is 21.3. The highest BCUT2D eigenvalue weighted by atomic mass is 35.5. The molecule has 2 aromatic rings. The minimum absolute atomic E-state index is 0.219. The van der Waals surface area contributed by atoms with Gasteiger partial charge in [0.1, 0.15) is 0 Å². The van der Waals surface area contributed by atoms with Gasteiger partial charge < -0.3 is 10.1 Å². The number of ether oxygens (including phenoxy) is 1. The molecule has 29 heavy (non-hydrogen) atoms. The molecular weight excluding hydrogens is 388 g/mol. The fourth-order valence-corrected chi connectivity index (χ4v) is 3.88. The molecule has 1 saturated heterocycles. The van der Waals surface area contributed by atoms with E-state index >= 15 is 0 Å². The zero-order chi connectivity index (χ0) is 20.8. The molecular formula is C23H27ClN2O3. The fraction of sp³-hybridized carbons (Fsp3) is 0.391. The van der Waals surface area contributed by atoms with Gasteiger partial charge in [-0.1, -0.05) is 30.7 Å². The predicted octanol–water partition coefficient (Wildman–Crippen LogP) is 5.00. The highest BCUT2D eigenvalue weighted by Crippen LogP contribution is 2.23. The number of amides is 1. The summed E-state index contributed by atoms with van der Waals surface area (Å²) in [4.78, 5) is 26.8. The molecule has 2 aromatic carbocycles. The second-order valence-electron chi connectivity index (χ2n) is 7.55. The minimum Gasteiger partial charge on any atom is -0.462 e. The Hall–Kier alpha value is -2.37. The number of nitrogens with zero attached hydrogens (tertiary/aromatic N) is 1. The number of hydrogen-bond acceptors (Lipinski definition) is 4. The summed E-state index contributed by atoms with van der Waals surface area (Å²) in [5, 5.41) is 3.06. The molecule has 1 amide bonds. The van der Waals surface area contributed by atoms with Crippen LogP contribution in [0.15, 0.2) is 42.5 Å². The average molecular weight is 415 g/mol. The maximum absolute atomic E-state index is 12.5. The Balaban J connectivity index is 1.60. The number of rotatable bonds is 6. The lowest BCUT2D eigenvalue weighted by Crippen LogP contribution is -2.33. The Kier molecular flexibility index (Phi) is 7.29. The van der Waals surface area contributed by atoms with Crippen molar-refractivity contribution in [2.24, 2.45) is 5.92 Å². The molecule has 1 heterocycles. The van der Waals surface area contributed by atoms with Gasteiger partial charge in [0, 0.05) is 24.3 Å². The van der Waals surface area contributed by atoms with E-state index in [4.69, 9.17) is 16.3 Å². The van der Waals surface area contributed by atoms with E-state index in [1.807, 2.05) is 24.3 Å². The molecule has 154 valence electrons. The van der Waals surface area contributed by atoms with E-state index in [1.165, 1.54) is 18.4 Å². The molecule has 0 saturated carbocycles. The van der Waals surface area contributed by atoms with E-state index in [-0.39, 0.29) is 23.1 Å². The minimum atomic E-state index is -0.478. The summed E-state index contributed by atoms with van der Waals surface area (Å²) in [5.74, 6) is 0.0491. The molecule has 1 N–H and O–H groups in total. The summed E-state index contributed by atoms with van der Waals surface area (Å²) >= 11 is 6.16. The van der Waals surface area contributed by atoms with Crippen LogP contribution in [0.25, 0.3) is 0 Å². The van der Waals surface area contributed by atoms with Gasteiger partial charge in [0.15, 0.2) is 0 Å². The van der Waals surface area contributed by atoms with Crippen LogP contribution < -0.4 is 5.32 Å². The third-order valence-corrected chi connectivity index (χ3v) is 5.40. The first-order chi connectivity index (χ1) is 14.0. The summed E-state index contributed by atoms with van der Waals surface area (Å²) in [6.45, 7) is 7.49. The van der Waals surface area contributed by atoms with Crippen LogP contribution in [0.5, 0.6) is 0 Å². The van der Waals surface area contributed by atoms with Gasteiger partial charge in [-0.05, 0) is 68.1 Å². The standard InChI is InChI=1S/C23H27ClN2O3/c1-3-29-23(28)20-11-10-19(13-21(20)24)25-22(27)18-8-6-17(7-9-18)15-26-12-4-5-16(2)14-26/h6-11,13,16H,3-5,12,14-15H2,1-2H3,(H,25,27)/t16-/m0/s1. The smallest absolute Gasteiger partial charge is 0.339 e. The van der Waals surface area contributed by atoms with Crippen LogP contribution in [-0.4, -0.2) is 36.5 Å². The zero-order valence-corrected chi connectivity index (χ0v) is 17.7. The monoisotopic (exact) mass is 414 g/mol. The van der Waals surface area contributed by atoms with E-state index in [0.717, 1.165) is 25.6 Å².